The molecule has 7 nitrogen and oxygen atoms in total. The van der Waals surface area contributed by atoms with Crippen molar-refractivity contribution in [3.63, 3.8) is 0 Å². The van der Waals surface area contributed by atoms with Crippen LogP contribution in [-0.2, 0) is 26.2 Å². The van der Waals surface area contributed by atoms with Crippen molar-refractivity contribution < 1.29 is 18.0 Å². The quantitative estimate of drug-likeness (QED) is 0.267. The van der Waals surface area contributed by atoms with Crippen LogP contribution in [0.4, 0.5) is 5.69 Å². The lowest BCUT2D eigenvalue weighted by Gasteiger charge is -2.33. The van der Waals surface area contributed by atoms with E-state index in [2.05, 4.69) is 21.2 Å². The molecule has 1 N–H and O–H groups in total. The van der Waals surface area contributed by atoms with Gasteiger partial charge in [-0.2, -0.15) is 0 Å². The lowest BCUT2D eigenvalue weighted by molar-refractivity contribution is -0.139. The van der Waals surface area contributed by atoms with Gasteiger partial charge in [0.15, 0.2) is 0 Å². The van der Waals surface area contributed by atoms with Crippen molar-refractivity contribution in [2.24, 2.45) is 0 Å². The predicted molar refractivity (Wildman–Crippen MR) is 164 cm³/mol. The molecule has 0 aromatic heterocycles. The summed E-state index contributed by atoms with van der Waals surface area (Å²) in [5.74, 6) is -0.837. The zero-order valence-electron chi connectivity index (χ0n) is 23.3. The van der Waals surface area contributed by atoms with Crippen LogP contribution >= 0.6 is 27.5 Å². The molecule has 0 aliphatic heterocycles. The highest BCUT2D eigenvalue weighted by Gasteiger charge is 2.33. The van der Waals surface area contributed by atoms with Crippen molar-refractivity contribution in [1.82, 2.24) is 10.2 Å². The van der Waals surface area contributed by atoms with Crippen molar-refractivity contribution in [1.29, 1.82) is 0 Å². The van der Waals surface area contributed by atoms with Crippen LogP contribution in [0, 0.1) is 13.8 Å². The molecule has 0 heterocycles. The minimum Gasteiger partial charge on any atom is -0.352 e. The smallest absolute Gasteiger partial charge is 0.264 e. The molecule has 0 aliphatic rings. The van der Waals surface area contributed by atoms with Crippen LogP contribution in [0.2, 0.25) is 5.02 Å². The minimum absolute atomic E-state index is 0.0484. The molecule has 3 aromatic rings. The van der Waals surface area contributed by atoms with Gasteiger partial charge >= 0.3 is 0 Å². The lowest BCUT2D eigenvalue weighted by Crippen LogP contribution is -2.52. The van der Waals surface area contributed by atoms with Crippen molar-refractivity contribution >= 4 is 55.1 Å². The molecular weight excluding hydrogens is 614 g/mol. The van der Waals surface area contributed by atoms with E-state index in [4.69, 9.17) is 11.6 Å². The maximum atomic E-state index is 14.0. The molecule has 3 aromatic carbocycles. The number of hydrogen-bond acceptors (Lipinski definition) is 4. The number of carbonyl (C=O) groups excluding carboxylic acids is 2. The van der Waals surface area contributed by atoms with Crippen molar-refractivity contribution in [3.05, 3.63) is 92.9 Å². The Morgan fingerprint density at radius 2 is 1.60 bits per heavy atom. The highest BCUT2D eigenvalue weighted by Crippen LogP contribution is 2.30. The summed E-state index contributed by atoms with van der Waals surface area (Å²) in [6, 6.07) is 17.8. The van der Waals surface area contributed by atoms with E-state index < -0.39 is 28.5 Å². The second-order valence-corrected chi connectivity index (χ2v) is 13.1. The Kier molecular flexibility index (Phi) is 10.8. The average Bonchev–Trinajstić information content (AvgIpc) is 2.92. The summed E-state index contributed by atoms with van der Waals surface area (Å²) in [4.78, 5) is 28.6. The SMILES string of the molecule is CC[C@@H](C)NC(=O)[C@H](C)N(Cc1ccc(Br)cc1)C(=O)CN(c1cc(Cl)ccc1C)S(=O)(=O)c1ccc(C)cc1. The van der Waals surface area contributed by atoms with Crippen molar-refractivity contribution in [2.45, 2.75) is 64.6 Å². The fourth-order valence-electron chi connectivity index (χ4n) is 4.04. The molecule has 214 valence electrons. The predicted octanol–water partition coefficient (Wildman–Crippen LogP) is 6.25. The van der Waals surface area contributed by atoms with Crippen LogP contribution in [0.25, 0.3) is 0 Å². The van der Waals surface area contributed by atoms with Gasteiger partial charge in [0, 0.05) is 22.1 Å². The maximum absolute atomic E-state index is 14.0. The molecule has 2 amide bonds. The number of nitrogens with zero attached hydrogens (tertiary/aromatic N) is 2. The Bertz CT molecular complexity index is 1450. The first-order valence-electron chi connectivity index (χ1n) is 13.0. The highest BCUT2D eigenvalue weighted by molar-refractivity contribution is 9.10. The second-order valence-electron chi connectivity index (χ2n) is 9.90. The Labute approximate surface area is 250 Å². The van der Waals surface area contributed by atoms with E-state index in [1.807, 2.05) is 45.0 Å². The van der Waals surface area contributed by atoms with Crippen LogP contribution in [0.5, 0.6) is 0 Å². The van der Waals surface area contributed by atoms with Crippen LogP contribution in [0.15, 0.2) is 76.1 Å². The van der Waals surface area contributed by atoms with Gasteiger partial charge in [-0.3, -0.25) is 13.9 Å². The highest BCUT2D eigenvalue weighted by atomic mass is 79.9. The van der Waals surface area contributed by atoms with E-state index in [-0.39, 0.29) is 23.4 Å². The molecule has 2 atom stereocenters. The number of rotatable bonds is 11. The van der Waals surface area contributed by atoms with Crippen LogP contribution in [0.1, 0.15) is 43.9 Å². The Morgan fingerprint density at radius 3 is 2.20 bits per heavy atom. The monoisotopic (exact) mass is 647 g/mol. The van der Waals surface area contributed by atoms with Gasteiger partial charge in [0.05, 0.1) is 10.6 Å². The normalized spacial score (nSPS) is 12.9. The molecule has 0 saturated carbocycles. The molecule has 0 fully saturated rings. The molecule has 0 unspecified atom stereocenters. The van der Waals surface area contributed by atoms with Gasteiger partial charge in [0.1, 0.15) is 12.6 Å². The molecule has 0 bridgehead atoms. The maximum Gasteiger partial charge on any atom is 0.264 e. The number of hydrogen-bond donors (Lipinski definition) is 1. The molecule has 40 heavy (non-hydrogen) atoms. The zero-order valence-corrected chi connectivity index (χ0v) is 26.5. The summed E-state index contributed by atoms with van der Waals surface area (Å²) >= 11 is 9.70. The number of anilines is 1. The number of carbonyl (C=O) groups is 2. The fraction of sp³-hybridized carbons (Fsp3) is 0.333. The van der Waals surface area contributed by atoms with E-state index >= 15 is 0 Å². The van der Waals surface area contributed by atoms with E-state index in [1.54, 1.807) is 38.1 Å². The van der Waals surface area contributed by atoms with Gasteiger partial charge in [-0.25, -0.2) is 8.42 Å². The van der Waals surface area contributed by atoms with Gasteiger partial charge in [0.2, 0.25) is 11.8 Å². The third-order valence-corrected chi connectivity index (χ3v) is 9.30. The van der Waals surface area contributed by atoms with Gasteiger partial charge in [-0.05, 0) is 81.6 Å². The van der Waals surface area contributed by atoms with E-state index in [0.29, 0.717) is 16.3 Å². The first kappa shape index (κ1) is 31.6. The molecule has 10 heteroatoms. The zero-order chi connectivity index (χ0) is 29.6. The average molecular weight is 649 g/mol. The van der Waals surface area contributed by atoms with Gasteiger partial charge in [0.25, 0.3) is 10.0 Å². The number of halogens is 2. The van der Waals surface area contributed by atoms with E-state index in [0.717, 1.165) is 26.3 Å². The van der Waals surface area contributed by atoms with Crippen LogP contribution < -0.4 is 9.62 Å². The summed E-state index contributed by atoms with van der Waals surface area (Å²) in [6.07, 6.45) is 0.732. The van der Waals surface area contributed by atoms with Crippen LogP contribution in [-0.4, -0.2) is 43.8 Å². The van der Waals surface area contributed by atoms with Gasteiger partial charge in [-0.1, -0.05) is 70.3 Å². The summed E-state index contributed by atoms with van der Waals surface area (Å²) in [5, 5.41) is 3.27. The summed E-state index contributed by atoms with van der Waals surface area (Å²) in [7, 11) is -4.17. The van der Waals surface area contributed by atoms with Crippen molar-refractivity contribution in [3.8, 4) is 0 Å². The molecule has 0 saturated heterocycles. The van der Waals surface area contributed by atoms with Gasteiger partial charge in [-0.15, -0.1) is 0 Å². The molecule has 0 radical (unpaired) electrons. The van der Waals surface area contributed by atoms with E-state index in [1.165, 1.54) is 23.1 Å². The lowest BCUT2D eigenvalue weighted by atomic mass is 10.1. The Hall–Kier alpha value is -2.88. The Morgan fingerprint density at radius 1 is 0.975 bits per heavy atom. The fourth-order valence-corrected chi connectivity index (χ4v) is 5.94. The first-order chi connectivity index (χ1) is 18.8. The number of sulfonamides is 1. The number of amides is 2. The summed E-state index contributed by atoms with van der Waals surface area (Å²) in [6.45, 7) is 8.73. The minimum atomic E-state index is -4.17. The standard InChI is InChI=1S/C30H35BrClN3O4S/c1-6-22(4)33-30(37)23(5)34(18-24-10-12-25(31)13-11-24)29(36)19-35(28-17-26(32)14-9-21(28)3)40(38,39)27-15-7-20(2)8-16-27/h7-17,22-23H,6,18-19H2,1-5H3,(H,33,37)/t22-,23+/m1/s1. The number of nitrogens with one attached hydrogen (secondary N) is 1. The van der Waals surface area contributed by atoms with Crippen LogP contribution in [0.3, 0.4) is 0 Å². The molecule has 0 aliphatic carbocycles. The number of benzene rings is 3. The topological polar surface area (TPSA) is 86.8 Å². The first-order valence-corrected chi connectivity index (χ1v) is 15.6. The van der Waals surface area contributed by atoms with Gasteiger partial charge < -0.3 is 10.2 Å². The molecular formula is C30H35BrClN3O4S. The third-order valence-electron chi connectivity index (χ3n) is 6.76. The molecule has 3 rings (SSSR count). The largest absolute Gasteiger partial charge is 0.352 e. The number of aryl methyl sites for hydroxylation is 2. The second kappa shape index (κ2) is 13.7. The summed E-state index contributed by atoms with van der Waals surface area (Å²) in [5.41, 5.74) is 2.63. The third kappa shape index (κ3) is 7.86. The summed E-state index contributed by atoms with van der Waals surface area (Å²) < 4.78 is 29.9. The molecule has 0 spiro atoms. The Balaban J connectivity index is 2.06. The van der Waals surface area contributed by atoms with E-state index in [9.17, 15) is 18.0 Å². The van der Waals surface area contributed by atoms with Crippen molar-refractivity contribution in [2.75, 3.05) is 10.8 Å².